The van der Waals surface area contributed by atoms with Crippen molar-refractivity contribution in [3.05, 3.63) is 64.8 Å². The molecule has 1 heterocycles. The number of rotatable bonds is 3. The molecule has 20 heavy (non-hydrogen) atoms. The molecule has 0 radical (unpaired) electrons. The lowest BCUT2D eigenvalue weighted by Gasteiger charge is -2.05. The monoisotopic (exact) mass is 286 g/mol. The fourth-order valence-electron chi connectivity index (χ4n) is 2.14. The summed E-state index contributed by atoms with van der Waals surface area (Å²) in [6, 6.07) is 12.5. The number of hydrogen-bond donors (Lipinski definition) is 1. The highest BCUT2D eigenvalue weighted by Gasteiger charge is 2.08. The molecule has 0 aliphatic rings. The molecule has 0 unspecified atom stereocenters. The highest BCUT2D eigenvalue weighted by Crippen LogP contribution is 2.18. The third-order valence-corrected chi connectivity index (χ3v) is 3.35. The largest absolute Gasteiger partial charge is 0.478 e. The van der Waals surface area contributed by atoms with E-state index in [4.69, 9.17) is 16.7 Å². The van der Waals surface area contributed by atoms with Gasteiger partial charge in [0.15, 0.2) is 0 Å². The third-order valence-electron chi connectivity index (χ3n) is 3.11. The lowest BCUT2D eigenvalue weighted by molar-refractivity contribution is 0.0697. The molecule has 0 atom stereocenters. The molecule has 2 aromatic carbocycles. The van der Waals surface area contributed by atoms with Crippen LogP contribution in [0.25, 0.3) is 10.9 Å². The van der Waals surface area contributed by atoms with E-state index in [-0.39, 0.29) is 5.56 Å². The number of hydrogen-bond acceptors (Lipinski definition) is 2. The molecule has 0 aliphatic heterocycles. The average molecular weight is 287 g/mol. The first-order valence-corrected chi connectivity index (χ1v) is 6.44. The topological polar surface area (TPSA) is 55.1 Å². The number of nitrogens with zero attached hydrogens (tertiary/aromatic N) is 2. The first kappa shape index (κ1) is 12.7. The Morgan fingerprint density at radius 1 is 1.25 bits per heavy atom. The van der Waals surface area contributed by atoms with Crippen LogP contribution in [-0.2, 0) is 6.54 Å². The molecule has 100 valence electrons. The van der Waals surface area contributed by atoms with E-state index in [1.807, 2.05) is 24.3 Å². The summed E-state index contributed by atoms with van der Waals surface area (Å²) < 4.78 is 1.77. The number of carboxylic acids is 1. The van der Waals surface area contributed by atoms with Gasteiger partial charge in [0, 0.05) is 10.4 Å². The molecule has 0 amide bonds. The first-order valence-electron chi connectivity index (χ1n) is 6.07. The van der Waals surface area contributed by atoms with Gasteiger partial charge in [-0.25, -0.2) is 4.79 Å². The number of fused-ring (bicyclic) bond motifs is 1. The van der Waals surface area contributed by atoms with Crippen LogP contribution < -0.4 is 0 Å². The molecular formula is C15H11ClN2O2. The predicted molar refractivity (Wildman–Crippen MR) is 77.2 cm³/mol. The second-order valence-corrected chi connectivity index (χ2v) is 4.95. The predicted octanol–water partition coefficient (Wildman–Crippen LogP) is 3.44. The fourth-order valence-corrected chi connectivity index (χ4v) is 2.35. The third kappa shape index (κ3) is 2.38. The fraction of sp³-hybridized carbons (Fsp3) is 0.0667. The van der Waals surface area contributed by atoms with Crippen LogP contribution in [0.15, 0.2) is 48.7 Å². The van der Waals surface area contributed by atoms with Gasteiger partial charge in [-0.2, -0.15) is 5.10 Å². The highest BCUT2D eigenvalue weighted by molar-refractivity contribution is 6.30. The van der Waals surface area contributed by atoms with Crippen molar-refractivity contribution in [1.82, 2.24) is 9.78 Å². The van der Waals surface area contributed by atoms with E-state index in [0.29, 0.717) is 11.6 Å². The summed E-state index contributed by atoms with van der Waals surface area (Å²) in [7, 11) is 0. The Labute approximate surface area is 120 Å². The van der Waals surface area contributed by atoms with Crippen molar-refractivity contribution in [3.63, 3.8) is 0 Å². The number of halogens is 1. The van der Waals surface area contributed by atoms with Crippen LogP contribution in [0.2, 0.25) is 5.02 Å². The van der Waals surface area contributed by atoms with Crippen molar-refractivity contribution in [2.75, 3.05) is 0 Å². The Bertz CT molecular complexity index is 795. The summed E-state index contributed by atoms with van der Waals surface area (Å²) in [6.45, 7) is 0.549. The minimum Gasteiger partial charge on any atom is -0.478 e. The van der Waals surface area contributed by atoms with Gasteiger partial charge in [0.2, 0.25) is 0 Å². The van der Waals surface area contributed by atoms with Gasteiger partial charge < -0.3 is 5.11 Å². The van der Waals surface area contributed by atoms with Crippen molar-refractivity contribution < 1.29 is 9.90 Å². The number of benzene rings is 2. The normalized spacial score (nSPS) is 10.8. The minimum atomic E-state index is -0.942. The van der Waals surface area contributed by atoms with Crippen molar-refractivity contribution in [3.8, 4) is 0 Å². The van der Waals surface area contributed by atoms with Crippen LogP contribution in [0.5, 0.6) is 0 Å². The molecular weight excluding hydrogens is 276 g/mol. The maximum Gasteiger partial charge on any atom is 0.335 e. The maximum atomic E-state index is 11.0. The van der Waals surface area contributed by atoms with Crippen LogP contribution in [0.3, 0.4) is 0 Å². The average Bonchev–Trinajstić information content (AvgIpc) is 2.81. The van der Waals surface area contributed by atoms with E-state index >= 15 is 0 Å². The van der Waals surface area contributed by atoms with Crippen molar-refractivity contribution in [2.24, 2.45) is 0 Å². The second-order valence-electron chi connectivity index (χ2n) is 4.51. The SMILES string of the molecule is O=C(O)c1ccc2cnn(Cc3cccc(Cl)c3)c2c1. The quantitative estimate of drug-likeness (QED) is 0.802. The van der Waals surface area contributed by atoms with E-state index in [1.165, 1.54) is 0 Å². The van der Waals surface area contributed by atoms with Crippen LogP contribution >= 0.6 is 11.6 Å². The molecule has 4 nitrogen and oxygen atoms in total. The lowest BCUT2D eigenvalue weighted by Crippen LogP contribution is -2.02. The molecule has 1 N–H and O–H groups in total. The van der Waals surface area contributed by atoms with Gasteiger partial charge in [-0.05, 0) is 29.8 Å². The summed E-state index contributed by atoms with van der Waals surface area (Å²) >= 11 is 5.96. The summed E-state index contributed by atoms with van der Waals surface area (Å²) in [5.41, 5.74) is 2.07. The molecule has 0 spiro atoms. The van der Waals surface area contributed by atoms with Gasteiger partial charge in [0.05, 0.1) is 23.8 Å². The first-order chi connectivity index (χ1) is 9.63. The van der Waals surface area contributed by atoms with Crippen LogP contribution in [0.1, 0.15) is 15.9 Å². The molecule has 1 aromatic heterocycles. The minimum absolute atomic E-state index is 0.255. The zero-order chi connectivity index (χ0) is 14.1. The smallest absolute Gasteiger partial charge is 0.335 e. The standard InChI is InChI=1S/C15H11ClN2O2/c16-13-3-1-2-10(6-13)9-18-14-7-11(15(19)20)4-5-12(14)8-17-18/h1-8H,9H2,(H,19,20). The molecule has 0 saturated heterocycles. The van der Waals surface area contributed by atoms with Gasteiger partial charge >= 0.3 is 5.97 Å². The van der Waals surface area contributed by atoms with E-state index in [1.54, 1.807) is 29.1 Å². The summed E-state index contributed by atoms with van der Waals surface area (Å²) in [6.07, 6.45) is 1.73. The van der Waals surface area contributed by atoms with Gasteiger partial charge in [0.1, 0.15) is 0 Å². The Kier molecular flexibility index (Phi) is 3.16. The molecule has 3 aromatic rings. The van der Waals surface area contributed by atoms with E-state index in [0.717, 1.165) is 16.5 Å². The second kappa shape index (κ2) is 4.98. The van der Waals surface area contributed by atoms with E-state index < -0.39 is 5.97 Å². The number of carboxylic acid groups (broad SMARTS) is 1. The van der Waals surface area contributed by atoms with Crippen molar-refractivity contribution >= 4 is 28.5 Å². The van der Waals surface area contributed by atoms with Gasteiger partial charge in [-0.15, -0.1) is 0 Å². The Morgan fingerprint density at radius 2 is 2.10 bits per heavy atom. The summed E-state index contributed by atoms with van der Waals surface area (Å²) in [5, 5.41) is 14.9. The zero-order valence-electron chi connectivity index (χ0n) is 10.5. The molecule has 0 aliphatic carbocycles. The molecule has 5 heteroatoms. The summed E-state index contributed by atoms with van der Waals surface area (Å²) in [4.78, 5) is 11.0. The van der Waals surface area contributed by atoms with Gasteiger partial charge in [0.25, 0.3) is 0 Å². The summed E-state index contributed by atoms with van der Waals surface area (Å²) in [5.74, 6) is -0.942. The van der Waals surface area contributed by atoms with Gasteiger partial charge in [-0.1, -0.05) is 29.8 Å². The molecule has 0 fully saturated rings. The highest BCUT2D eigenvalue weighted by atomic mass is 35.5. The number of aromatic carboxylic acids is 1. The van der Waals surface area contributed by atoms with Crippen LogP contribution in [0, 0.1) is 0 Å². The van der Waals surface area contributed by atoms with E-state index in [9.17, 15) is 4.79 Å². The Morgan fingerprint density at radius 3 is 2.85 bits per heavy atom. The zero-order valence-corrected chi connectivity index (χ0v) is 11.2. The van der Waals surface area contributed by atoms with Crippen LogP contribution in [0.4, 0.5) is 0 Å². The lowest BCUT2D eigenvalue weighted by atomic mass is 10.1. The van der Waals surface area contributed by atoms with Gasteiger partial charge in [-0.3, -0.25) is 4.68 Å². The number of aromatic nitrogens is 2. The molecule has 0 saturated carbocycles. The van der Waals surface area contributed by atoms with Crippen LogP contribution in [-0.4, -0.2) is 20.9 Å². The molecule has 0 bridgehead atoms. The number of carbonyl (C=O) groups is 1. The maximum absolute atomic E-state index is 11.0. The Balaban J connectivity index is 2.03. The molecule has 3 rings (SSSR count). The van der Waals surface area contributed by atoms with Crippen molar-refractivity contribution in [1.29, 1.82) is 0 Å². The van der Waals surface area contributed by atoms with E-state index in [2.05, 4.69) is 5.10 Å². The van der Waals surface area contributed by atoms with Crippen molar-refractivity contribution in [2.45, 2.75) is 6.54 Å². The Hall–Kier alpha value is -2.33.